The normalized spacial score (nSPS) is 12.1. The van der Waals surface area contributed by atoms with Gasteiger partial charge in [0.1, 0.15) is 0 Å². The van der Waals surface area contributed by atoms with Crippen LogP contribution in [0.25, 0.3) is 0 Å². The van der Waals surface area contributed by atoms with Crippen molar-refractivity contribution in [2.75, 3.05) is 19.6 Å². The summed E-state index contributed by atoms with van der Waals surface area (Å²) in [6.07, 6.45) is 2.37. The van der Waals surface area contributed by atoms with Crippen LogP contribution in [-0.2, 0) is 6.54 Å². The molecular formula is C16H28N2. The number of nitrogens with zero attached hydrogens (tertiary/aromatic N) is 1. The van der Waals surface area contributed by atoms with Gasteiger partial charge in [0.25, 0.3) is 0 Å². The van der Waals surface area contributed by atoms with Gasteiger partial charge < -0.3 is 5.73 Å². The van der Waals surface area contributed by atoms with E-state index >= 15 is 0 Å². The Morgan fingerprint density at radius 2 is 1.78 bits per heavy atom. The summed E-state index contributed by atoms with van der Waals surface area (Å²) in [7, 11) is 0. The topological polar surface area (TPSA) is 29.3 Å². The van der Waals surface area contributed by atoms with Gasteiger partial charge in [-0.1, -0.05) is 51.1 Å². The average molecular weight is 248 g/mol. The Kier molecular flexibility index (Phi) is 6.37. The van der Waals surface area contributed by atoms with Gasteiger partial charge in [-0.3, -0.25) is 4.90 Å². The van der Waals surface area contributed by atoms with Crippen molar-refractivity contribution in [3.05, 3.63) is 35.9 Å². The minimum absolute atomic E-state index is 0.253. The smallest absolute Gasteiger partial charge is 0.0233 e. The highest BCUT2D eigenvalue weighted by molar-refractivity contribution is 5.14. The predicted molar refractivity (Wildman–Crippen MR) is 79.5 cm³/mol. The minimum Gasteiger partial charge on any atom is -0.330 e. The molecule has 0 aliphatic carbocycles. The van der Waals surface area contributed by atoms with Gasteiger partial charge in [-0.15, -0.1) is 0 Å². The number of rotatable bonds is 8. The molecule has 0 aliphatic heterocycles. The molecular weight excluding hydrogens is 220 g/mol. The Hall–Kier alpha value is -0.860. The summed E-state index contributed by atoms with van der Waals surface area (Å²) in [5, 5.41) is 0. The summed E-state index contributed by atoms with van der Waals surface area (Å²) in [4.78, 5) is 2.53. The van der Waals surface area contributed by atoms with E-state index in [1.54, 1.807) is 0 Å². The SMILES string of the molecule is CCCN(CCC(C)(C)CN)Cc1ccccc1. The molecule has 0 saturated heterocycles. The van der Waals surface area contributed by atoms with Crippen LogP contribution in [0.15, 0.2) is 30.3 Å². The summed E-state index contributed by atoms with van der Waals surface area (Å²) < 4.78 is 0. The number of hydrogen-bond acceptors (Lipinski definition) is 2. The summed E-state index contributed by atoms with van der Waals surface area (Å²) in [6.45, 7) is 10.8. The molecule has 0 heterocycles. The molecule has 0 atom stereocenters. The molecule has 0 aliphatic rings. The van der Waals surface area contributed by atoms with Gasteiger partial charge in [-0.25, -0.2) is 0 Å². The monoisotopic (exact) mass is 248 g/mol. The standard InChI is InChI=1S/C16H28N2/c1-4-11-18(12-10-16(2,3)14-17)13-15-8-6-5-7-9-15/h5-9H,4,10-14,17H2,1-3H3. The van der Waals surface area contributed by atoms with Crippen molar-refractivity contribution < 1.29 is 0 Å². The van der Waals surface area contributed by atoms with Gasteiger partial charge in [0, 0.05) is 6.54 Å². The Morgan fingerprint density at radius 3 is 2.33 bits per heavy atom. The van der Waals surface area contributed by atoms with E-state index in [1.165, 1.54) is 12.0 Å². The molecule has 0 unspecified atom stereocenters. The van der Waals surface area contributed by atoms with Crippen LogP contribution in [0.1, 0.15) is 39.2 Å². The molecule has 1 aromatic carbocycles. The van der Waals surface area contributed by atoms with E-state index in [2.05, 4.69) is 56.0 Å². The Morgan fingerprint density at radius 1 is 1.11 bits per heavy atom. The first-order valence-corrected chi connectivity index (χ1v) is 7.04. The van der Waals surface area contributed by atoms with Crippen molar-refractivity contribution in [3.63, 3.8) is 0 Å². The average Bonchev–Trinajstić information content (AvgIpc) is 2.38. The van der Waals surface area contributed by atoms with Gasteiger partial charge >= 0.3 is 0 Å². The fraction of sp³-hybridized carbons (Fsp3) is 0.625. The van der Waals surface area contributed by atoms with Crippen LogP contribution in [0.2, 0.25) is 0 Å². The quantitative estimate of drug-likeness (QED) is 0.765. The first-order chi connectivity index (χ1) is 8.57. The molecule has 0 bridgehead atoms. The van der Waals surface area contributed by atoms with Crippen LogP contribution >= 0.6 is 0 Å². The van der Waals surface area contributed by atoms with Crippen LogP contribution in [-0.4, -0.2) is 24.5 Å². The lowest BCUT2D eigenvalue weighted by molar-refractivity contribution is 0.214. The molecule has 0 amide bonds. The van der Waals surface area contributed by atoms with E-state index in [-0.39, 0.29) is 5.41 Å². The summed E-state index contributed by atoms with van der Waals surface area (Å²) in [5.74, 6) is 0. The number of hydrogen-bond donors (Lipinski definition) is 1. The molecule has 0 radical (unpaired) electrons. The molecule has 0 fully saturated rings. The summed E-state index contributed by atoms with van der Waals surface area (Å²) >= 11 is 0. The zero-order valence-electron chi connectivity index (χ0n) is 12.2. The highest BCUT2D eigenvalue weighted by Gasteiger charge is 2.17. The van der Waals surface area contributed by atoms with Crippen LogP contribution in [0.5, 0.6) is 0 Å². The molecule has 2 nitrogen and oxygen atoms in total. The molecule has 2 heteroatoms. The molecule has 102 valence electrons. The fourth-order valence-electron chi connectivity index (χ4n) is 1.99. The largest absolute Gasteiger partial charge is 0.330 e. The molecule has 0 aromatic heterocycles. The van der Waals surface area contributed by atoms with Crippen LogP contribution in [0.4, 0.5) is 0 Å². The van der Waals surface area contributed by atoms with Gasteiger partial charge in [-0.2, -0.15) is 0 Å². The van der Waals surface area contributed by atoms with Crippen molar-refractivity contribution in [2.45, 2.75) is 40.2 Å². The third-order valence-electron chi connectivity index (χ3n) is 3.45. The first kappa shape index (κ1) is 15.2. The van der Waals surface area contributed by atoms with E-state index in [9.17, 15) is 0 Å². The summed E-state index contributed by atoms with van der Waals surface area (Å²) in [5.41, 5.74) is 7.45. The fourth-order valence-corrected chi connectivity index (χ4v) is 1.99. The Balaban J connectivity index is 2.50. The third-order valence-corrected chi connectivity index (χ3v) is 3.45. The second kappa shape index (κ2) is 7.55. The van der Waals surface area contributed by atoms with Crippen molar-refractivity contribution in [1.82, 2.24) is 4.90 Å². The van der Waals surface area contributed by atoms with Crippen LogP contribution in [0, 0.1) is 5.41 Å². The second-order valence-corrected chi connectivity index (χ2v) is 5.88. The minimum atomic E-state index is 0.253. The van der Waals surface area contributed by atoms with E-state index < -0.39 is 0 Å². The van der Waals surface area contributed by atoms with Crippen molar-refractivity contribution >= 4 is 0 Å². The zero-order chi connectivity index (χ0) is 13.4. The first-order valence-electron chi connectivity index (χ1n) is 7.04. The van der Waals surface area contributed by atoms with Crippen LogP contribution < -0.4 is 5.73 Å². The maximum atomic E-state index is 5.80. The molecule has 0 spiro atoms. The van der Waals surface area contributed by atoms with Crippen molar-refractivity contribution in [2.24, 2.45) is 11.1 Å². The van der Waals surface area contributed by atoms with Gasteiger partial charge in [0.2, 0.25) is 0 Å². The molecule has 2 N–H and O–H groups in total. The van der Waals surface area contributed by atoms with Crippen LogP contribution in [0.3, 0.4) is 0 Å². The van der Waals surface area contributed by atoms with Gasteiger partial charge in [-0.05, 0) is 43.5 Å². The molecule has 18 heavy (non-hydrogen) atoms. The Bertz CT molecular complexity index is 319. The lowest BCUT2D eigenvalue weighted by Gasteiger charge is -2.28. The number of nitrogens with two attached hydrogens (primary N) is 1. The van der Waals surface area contributed by atoms with E-state index in [1.807, 2.05) is 0 Å². The van der Waals surface area contributed by atoms with Gasteiger partial charge in [0.05, 0.1) is 0 Å². The van der Waals surface area contributed by atoms with E-state index in [4.69, 9.17) is 5.73 Å². The number of benzene rings is 1. The molecule has 1 rings (SSSR count). The lowest BCUT2D eigenvalue weighted by atomic mass is 9.89. The molecule has 1 aromatic rings. The molecule has 0 saturated carbocycles. The van der Waals surface area contributed by atoms with E-state index in [0.29, 0.717) is 0 Å². The second-order valence-electron chi connectivity index (χ2n) is 5.88. The van der Waals surface area contributed by atoms with Crippen molar-refractivity contribution in [1.29, 1.82) is 0 Å². The maximum absolute atomic E-state index is 5.80. The van der Waals surface area contributed by atoms with Crippen molar-refractivity contribution in [3.8, 4) is 0 Å². The Labute approximate surface area is 112 Å². The summed E-state index contributed by atoms with van der Waals surface area (Å²) in [6, 6.07) is 10.7. The lowest BCUT2D eigenvalue weighted by Crippen LogP contribution is -2.32. The third kappa shape index (κ3) is 5.65. The predicted octanol–water partition coefficient (Wildman–Crippen LogP) is 3.27. The maximum Gasteiger partial charge on any atom is 0.0233 e. The highest BCUT2D eigenvalue weighted by Crippen LogP contribution is 2.19. The van der Waals surface area contributed by atoms with Gasteiger partial charge in [0.15, 0.2) is 0 Å². The van der Waals surface area contributed by atoms with E-state index in [0.717, 1.165) is 32.6 Å². The zero-order valence-corrected chi connectivity index (χ0v) is 12.2. The highest BCUT2D eigenvalue weighted by atomic mass is 15.1.